The van der Waals surface area contributed by atoms with Crippen molar-refractivity contribution >= 4 is 0 Å². The minimum Gasteiger partial charge on any atom is -0.495 e. The predicted octanol–water partition coefficient (Wildman–Crippen LogP) is 1.84. The van der Waals surface area contributed by atoms with Gasteiger partial charge >= 0.3 is 0 Å². The molecule has 0 spiro atoms. The van der Waals surface area contributed by atoms with Gasteiger partial charge in [-0.2, -0.15) is 0 Å². The predicted molar refractivity (Wildman–Crippen MR) is 65.8 cm³/mol. The van der Waals surface area contributed by atoms with Crippen LogP contribution < -0.4 is 10.5 Å². The van der Waals surface area contributed by atoms with Gasteiger partial charge in [-0.05, 0) is 36.8 Å². The summed E-state index contributed by atoms with van der Waals surface area (Å²) in [5, 5.41) is 0. The van der Waals surface area contributed by atoms with Crippen molar-refractivity contribution in [1.29, 1.82) is 0 Å². The van der Waals surface area contributed by atoms with E-state index in [4.69, 9.17) is 10.5 Å². The van der Waals surface area contributed by atoms with Gasteiger partial charge < -0.3 is 10.5 Å². The van der Waals surface area contributed by atoms with Gasteiger partial charge in [-0.3, -0.25) is 9.97 Å². The smallest absolute Gasteiger partial charge is 0.142 e. The summed E-state index contributed by atoms with van der Waals surface area (Å²) in [6.07, 6.45) is 3.45. The highest BCUT2D eigenvalue weighted by Gasteiger charge is 2.16. The van der Waals surface area contributed by atoms with Gasteiger partial charge in [0.1, 0.15) is 11.4 Å². The second-order valence-electron chi connectivity index (χ2n) is 3.83. The zero-order valence-corrected chi connectivity index (χ0v) is 9.92. The molecule has 0 aromatic carbocycles. The number of nitrogens with two attached hydrogens (primary N) is 1. The first-order valence-electron chi connectivity index (χ1n) is 5.39. The zero-order chi connectivity index (χ0) is 12.3. The van der Waals surface area contributed by atoms with E-state index >= 15 is 0 Å². The number of methoxy groups -OCH3 is 1. The molecule has 2 rings (SSSR count). The lowest BCUT2D eigenvalue weighted by atomic mass is 10.1. The largest absolute Gasteiger partial charge is 0.495 e. The molecule has 0 aliphatic carbocycles. The molecule has 2 aromatic rings. The average Bonchev–Trinajstić information content (AvgIpc) is 2.38. The third-order valence-corrected chi connectivity index (χ3v) is 2.57. The number of nitrogens with zero attached hydrogens (tertiary/aromatic N) is 2. The molecule has 88 valence electrons. The Labute approximate surface area is 100 Å². The van der Waals surface area contributed by atoms with E-state index in [0.29, 0.717) is 11.4 Å². The number of rotatable bonds is 3. The summed E-state index contributed by atoms with van der Waals surface area (Å²) in [5.74, 6) is 0.684. The van der Waals surface area contributed by atoms with Crippen molar-refractivity contribution in [2.45, 2.75) is 13.0 Å². The SMILES string of the molecule is COc1cccnc1C(N)c1cc(C)ccn1. The number of hydrogen-bond acceptors (Lipinski definition) is 4. The third-order valence-electron chi connectivity index (χ3n) is 2.57. The maximum absolute atomic E-state index is 6.16. The van der Waals surface area contributed by atoms with E-state index < -0.39 is 0 Å². The highest BCUT2D eigenvalue weighted by atomic mass is 16.5. The number of aryl methyl sites for hydroxylation is 1. The Hall–Kier alpha value is -1.94. The molecule has 0 bridgehead atoms. The third kappa shape index (κ3) is 2.42. The highest BCUT2D eigenvalue weighted by Crippen LogP contribution is 2.24. The Morgan fingerprint density at radius 1 is 1.24 bits per heavy atom. The van der Waals surface area contributed by atoms with E-state index in [9.17, 15) is 0 Å². The van der Waals surface area contributed by atoms with Crippen molar-refractivity contribution < 1.29 is 4.74 Å². The molecule has 2 aromatic heterocycles. The lowest BCUT2D eigenvalue weighted by Gasteiger charge is -2.14. The van der Waals surface area contributed by atoms with Crippen LogP contribution in [0.2, 0.25) is 0 Å². The van der Waals surface area contributed by atoms with Gasteiger partial charge in [-0.1, -0.05) is 0 Å². The van der Waals surface area contributed by atoms with Crippen LogP contribution in [0.4, 0.5) is 0 Å². The molecule has 0 fully saturated rings. The molecule has 0 radical (unpaired) electrons. The molecule has 0 aliphatic rings. The molecule has 17 heavy (non-hydrogen) atoms. The number of aromatic nitrogens is 2. The molecule has 0 saturated carbocycles. The Kier molecular flexibility index (Phi) is 3.35. The zero-order valence-electron chi connectivity index (χ0n) is 9.92. The topological polar surface area (TPSA) is 61.0 Å². The fourth-order valence-corrected chi connectivity index (χ4v) is 1.68. The monoisotopic (exact) mass is 229 g/mol. The van der Waals surface area contributed by atoms with Crippen molar-refractivity contribution in [1.82, 2.24) is 9.97 Å². The molecular weight excluding hydrogens is 214 g/mol. The highest BCUT2D eigenvalue weighted by molar-refractivity contribution is 5.34. The molecule has 2 heterocycles. The molecule has 0 saturated heterocycles. The first-order valence-corrected chi connectivity index (χ1v) is 5.39. The molecule has 4 heteroatoms. The summed E-state index contributed by atoms with van der Waals surface area (Å²) in [4.78, 5) is 8.54. The molecule has 1 unspecified atom stereocenters. The standard InChI is InChI=1S/C13H15N3O/c1-9-5-7-15-10(8-9)12(14)13-11(17-2)4-3-6-16-13/h3-8,12H,14H2,1-2H3. The van der Waals surface area contributed by atoms with Gasteiger partial charge in [0.15, 0.2) is 0 Å². The minimum absolute atomic E-state index is 0.369. The van der Waals surface area contributed by atoms with Gasteiger partial charge in [-0.25, -0.2) is 0 Å². The van der Waals surface area contributed by atoms with E-state index in [1.54, 1.807) is 19.5 Å². The first-order chi connectivity index (χ1) is 8.22. The summed E-state index contributed by atoms with van der Waals surface area (Å²) in [6, 6.07) is 7.19. The summed E-state index contributed by atoms with van der Waals surface area (Å²) < 4.78 is 5.25. The molecular formula is C13H15N3O. The Morgan fingerprint density at radius 3 is 2.76 bits per heavy atom. The maximum Gasteiger partial charge on any atom is 0.142 e. The van der Waals surface area contributed by atoms with Crippen LogP contribution in [-0.4, -0.2) is 17.1 Å². The van der Waals surface area contributed by atoms with Gasteiger partial charge in [-0.15, -0.1) is 0 Å². The van der Waals surface area contributed by atoms with E-state index in [-0.39, 0.29) is 6.04 Å². The second kappa shape index (κ2) is 4.93. The second-order valence-corrected chi connectivity index (χ2v) is 3.83. The van der Waals surface area contributed by atoms with Crippen LogP contribution in [0.1, 0.15) is 23.0 Å². The first kappa shape index (κ1) is 11.5. The van der Waals surface area contributed by atoms with Crippen LogP contribution >= 0.6 is 0 Å². The lowest BCUT2D eigenvalue weighted by Crippen LogP contribution is -2.16. The van der Waals surface area contributed by atoms with E-state index in [1.807, 2.05) is 31.2 Å². The van der Waals surface area contributed by atoms with Crippen LogP contribution in [0, 0.1) is 6.92 Å². The van der Waals surface area contributed by atoms with Gasteiger partial charge in [0, 0.05) is 12.4 Å². The maximum atomic E-state index is 6.16. The van der Waals surface area contributed by atoms with Crippen molar-refractivity contribution in [2.24, 2.45) is 5.73 Å². The van der Waals surface area contributed by atoms with Gasteiger partial charge in [0.05, 0.1) is 18.8 Å². The van der Waals surface area contributed by atoms with Crippen LogP contribution in [0.15, 0.2) is 36.7 Å². The molecule has 2 N–H and O–H groups in total. The van der Waals surface area contributed by atoms with Gasteiger partial charge in [0.2, 0.25) is 0 Å². The molecule has 1 atom stereocenters. The van der Waals surface area contributed by atoms with Crippen LogP contribution in [0.5, 0.6) is 5.75 Å². The minimum atomic E-state index is -0.369. The summed E-state index contributed by atoms with van der Waals surface area (Å²) in [7, 11) is 1.61. The van der Waals surface area contributed by atoms with Crippen LogP contribution in [0.3, 0.4) is 0 Å². The summed E-state index contributed by atoms with van der Waals surface area (Å²) in [6.45, 7) is 2.01. The van der Waals surface area contributed by atoms with Crippen molar-refractivity contribution in [3.8, 4) is 5.75 Å². The Bertz CT molecular complexity index is 514. The summed E-state index contributed by atoms with van der Waals surface area (Å²) >= 11 is 0. The van der Waals surface area contributed by atoms with E-state index in [2.05, 4.69) is 9.97 Å². The van der Waals surface area contributed by atoms with E-state index in [0.717, 1.165) is 11.3 Å². The number of pyridine rings is 2. The molecule has 4 nitrogen and oxygen atoms in total. The number of hydrogen-bond donors (Lipinski definition) is 1. The normalized spacial score (nSPS) is 12.2. The Morgan fingerprint density at radius 2 is 2.06 bits per heavy atom. The molecule has 0 amide bonds. The number of ether oxygens (including phenoxy) is 1. The van der Waals surface area contributed by atoms with Gasteiger partial charge in [0.25, 0.3) is 0 Å². The van der Waals surface area contributed by atoms with Crippen molar-refractivity contribution in [2.75, 3.05) is 7.11 Å². The van der Waals surface area contributed by atoms with Crippen LogP contribution in [-0.2, 0) is 0 Å². The fraction of sp³-hybridized carbons (Fsp3) is 0.231. The quantitative estimate of drug-likeness (QED) is 0.872. The van der Waals surface area contributed by atoms with Crippen LogP contribution in [0.25, 0.3) is 0 Å². The Balaban J connectivity index is 2.40. The molecule has 0 aliphatic heterocycles. The lowest BCUT2D eigenvalue weighted by molar-refractivity contribution is 0.404. The van der Waals surface area contributed by atoms with E-state index in [1.165, 1.54) is 0 Å². The van der Waals surface area contributed by atoms with Crippen molar-refractivity contribution in [3.63, 3.8) is 0 Å². The average molecular weight is 229 g/mol. The summed E-state index contributed by atoms with van der Waals surface area (Å²) in [5.41, 5.74) is 8.78. The fourth-order valence-electron chi connectivity index (χ4n) is 1.68. The van der Waals surface area contributed by atoms with Crippen molar-refractivity contribution in [3.05, 3.63) is 53.6 Å².